The van der Waals surface area contributed by atoms with Gasteiger partial charge in [-0.2, -0.15) is 0 Å². The van der Waals surface area contributed by atoms with Crippen molar-refractivity contribution in [1.82, 2.24) is 10.2 Å². The Bertz CT molecular complexity index is 303. The van der Waals surface area contributed by atoms with E-state index >= 15 is 0 Å². The minimum atomic E-state index is -0.110. The molecule has 1 amide bonds. The van der Waals surface area contributed by atoms with E-state index in [4.69, 9.17) is 18.0 Å². The van der Waals surface area contributed by atoms with Crippen LogP contribution < -0.4 is 11.1 Å². The molecule has 19 heavy (non-hydrogen) atoms. The first-order valence-electron chi connectivity index (χ1n) is 7.37. The Kier molecular flexibility index (Phi) is 7.31. The van der Waals surface area contributed by atoms with Crippen LogP contribution in [0.3, 0.4) is 0 Å². The molecule has 1 fully saturated rings. The second kappa shape index (κ2) is 8.48. The highest BCUT2D eigenvalue weighted by atomic mass is 32.1. The minimum absolute atomic E-state index is 0.110. The van der Waals surface area contributed by atoms with Crippen molar-refractivity contribution in [3.8, 4) is 0 Å². The van der Waals surface area contributed by atoms with Gasteiger partial charge < -0.3 is 11.1 Å². The van der Waals surface area contributed by atoms with Gasteiger partial charge in [0.1, 0.15) is 0 Å². The van der Waals surface area contributed by atoms with E-state index in [0.29, 0.717) is 17.5 Å². The lowest BCUT2D eigenvalue weighted by Crippen LogP contribution is -2.49. The third kappa shape index (κ3) is 5.87. The maximum absolute atomic E-state index is 12.2. The van der Waals surface area contributed by atoms with Gasteiger partial charge >= 0.3 is 0 Å². The van der Waals surface area contributed by atoms with Gasteiger partial charge in [-0.1, -0.05) is 38.4 Å². The highest BCUT2D eigenvalue weighted by molar-refractivity contribution is 7.80. The van der Waals surface area contributed by atoms with Gasteiger partial charge in [-0.15, -0.1) is 0 Å². The largest absolute Gasteiger partial charge is 0.393 e. The molecule has 0 heterocycles. The molecule has 0 aliphatic heterocycles. The smallest absolute Gasteiger partial charge is 0.237 e. The number of hydrogen-bond donors (Lipinski definition) is 2. The number of thiocarbonyl (C=S) groups is 1. The van der Waals surface area contributed by atoms with Gasteiger partial charge in [0.15, 0.2) is 0 Å². The van der Waals surface area contributed by atoms with Crippen molar-refractivity contribution in [3.05, 3.63) is 0 Å². The highest BCUT2D eigenvalue weighted by Crippen LogP contribution is 2.17. The molecule has 1 atom stereocenters. The maximum atomic E-state index is 12.2. The van der Waals surface area contributed by atoms with Crippen molar-refractivity contribution in [2.24, 2.45) is 5.73 Å². The van der Waals surface area contributed by atoms with Crippen molar-refractivity contribution in [2.75, 3.05) is 13.1 Å². The molecule has 0 saturated heterocycles. The lowest BCUT2D eigenvalue weighted by atomic mass is 9.95. The maximum Gasteiger partial charge on any atom is 0.237 e. The fourth-order valence-electron chi connectivity index (χ4n) is 2.61. The quantitative estimate of drug-likeness (QED) is 0.701. The average molecular weight is 285 g/mol. The SMILES string of the molecule is CCN(CCC(N)=S)C(C)C(=O)NC1CCCCC1. The number of nitrogens with zero attached hydrogens (tertiary/aromatic N) is 1. The van der Waals surface area contributed by atoms with Gasteiger partial charge in [-0.25, -0.2) is 0 Å². The van der Waals surface area contributed by atoms with Crippen LogP contribution >= 0.6 is 12.2 Å². The predicted molar refractivity (Wildman–Crippen MR) is 83.1 cm³/mol. The normalized spacial score (nSPS) is 18.3. The van der Waals surface area contributed by atoms with E-state index < -0.39 is 0 Å². The lowest BCUT2D eigenvalue weighted by molar-refractivity contribution is -0.126. The number of hydrogen-bond acceptors (Lipinski definition) is 3. The molecule has 4 nitrogen and oxygen atoms in total. The van der Waals surface area contributed by atoms with Crippen LogP contribution in [-0.2, 0) is 4.79 Å². The van der Waals surface area contributed by atoms with E-state index in [9.17, 15) is 4.79 Å². The standard InChI is InChI=1S/C14H27N3OS/c1-3-17(10-9-13(15)19)11(2)14(18)16-12-7-5-4-6-8-12/h11-12H,3-10H2,1-2H3,(H2,15,19)(H,16,18). The molecule has 0 radical (unpaired) electrons. The van der Waals surface area contributed by atoms with Crippen LogP contribution in [0.25, 0.3) is 0 Å². The first-order valence-corrected chi connectivity index (χ1v) is 7.78. The number of amides is 1. The lowest BCUT2D eigenvalue weighted by Gasteiger charge is -2.30. The second-order valence-corrected chi connectivity index (χ2v) is 5.89. The summed E-state index contributed by atoms with van der Waals surface area (Å²) in [6.07, 6.45) is 6.69. The molecule has 1 aliphatic rings. The first kappa shape index (κ1) is 16.4. The number of nitrogens with two attached hydrogens (primary N) is 1. The van der Waals surface area contributed by atoms with E-state index in [1.807, 2.05) is 6.92 Å². The summed E-state index contributed by atoms with van der Waals surface area (Å²) in [5.74, 6) is 0.136. The summed E-state index contributed by atoms with van der Waals surface area (Å²) in [6.45, 7) is 5.61. The Hall–Kier alpha value is -0.680. The number of nitrogens with one attached hydrogen (secondary N) is 1. The zero-order valence-corrected chi connectivity index (χ0v) is 13.0. The van der Waals surface area contributed by atoms with Gasteiger partial charge in [0.05, 0.1) is 11.0 Å². The molecule has 0 aromatic heterocycles. The van der Waals surface area contributed by atoms with Crippen LogP contribution in [-0.4, -0.2) is 41.0 Å². The number of carbonyl (C=O) groups is 1. The average Bonchev–Trinajstić information content (AvgIpc) is 2.40. The molecule has 0 aromatic carbocycles. The van der Waals surface area contributed by atoms with Crippen molar-refractivity contribution in [1.29, 1.82) is 0 Å². The Morgan fingerprint density at radius 2 is 2.05 bits per heavy atom. The molecule has 3 N–H and O–H groups in total. The molecule has 1 rings (SSSR count). The molecule has 1 saturated carbocycles. The zero-order chi connectivity index (χ0) is 14.3. The van der Waals surface area contributed by atoms with Gasteiger partial charge in [0.2, 0.25) is 5.91 Å². The fraction of sp³-hybridized carbons (Fsp3) is 0.857. The van der Waals surface area contributed by atoms with Crippen molar-refractivity contribution >= 4 is 23.1 Å². The van der Waals surface area contributed by atoms with Gasteiger partial charge in [-0.05, 0) is 26.3 Å². The van der Waals surface area contributed by atoms with Crippen LogP contribution in [0.5, 0.6) is 0 Å². The van der Waals surface area contributed by atoms with E-state index in [-0.39, 0.29) is 11.9 Å². The molecule has 110 valence electrons. The van der Waals surface area contributed by atoms with E-state index in [2.05, 4.69) is 17.1 Å². The Balaban J connectivity index is 2.41. The monoisotopic (exact) mass is 285 g/mol. The van der Waals surface area contributed by atoms with Crippen LogP contribution in [0.1, 0.15) is 52.4 Å². The summed E-state index contributed by atoms with van der Waals surface area (Å²) in [6, 6.07) is 0.263. The molecule has 0 aromatic rings. The molecule has 5 heteroatoms. The molecular weight excluding hydrogens is 258 g/mol. The Morgan fingerprint density at radius 3 is 2.58 bits per heavy atom. The van der Waals surface area contributed by atoms with Gasteiger partial charge in [-0.3, -0.25) is 9.69 Å². The fourth-order valence-corrected chi connectivity index (χ4v) is 2.71. The van der Waals surface area contributed by atoms with Crippen LogP contribution in [0.4, 0.5) is 0 Å². The van der Waals surface area contributed by atoms with Crippen LogP contribution in [0.2, 0.25) is 0 Å². The molecule has 0 spiro atoms. The number of likely N-dealkylation sites (N-methyl/N-ethyl adjacent to an activating group) is 1. The van der Waals surface area contributed by atoms with Crippen LogP contribution in [0.15, 0.2) is 0 Å². The summed E-state index contributed by atoms with van der Waals surface area (Å²) >= 11 is 4.90. The number of rotatable bonds is 7. The van der Waals surface area contributed by atoms with Crippen molar-refractivity contribution < 1.29 is 4.79 Å². The van der Waals surface area contributed by atoms with E-state index in [1.54, 1.807) is 0 Å². The predicted octanol–water partition coefficient (Wildman–Crippen LogP) is 1.82. The second-order valence-electron chi connectivity index (χ2n) is 5.36. The summed E-state index contributed by atoms with van der Waals surface area (Å²) in [4.78, 5) is 14.9. The highest BCUT2D eigenvalue weighted by Gasteiger charge is 2.23. The van der Waals surface area contributed by atoms with Gasteiger partial charge in [0, 0.05) is 19.0 Å². The molecule has 1 aliphatic carbocycles. The molecular formula is C14H27N3OS. The number of carbonyl (C=O) groups excluding carboxylic acids is 1. The minimum Gasteiger partial charge on any atom is -0.393 e. The molecule has 1 unspecified atom stereocenters. The van der Waals surface area contributed by atoms with Crippen molar-refractivity contribution in [3.63, 3.8) is 0 Å². The Labute approximate surface area is 122 Å². The first-order chi connectivity index (χ1) is 9.04. The summed E-state index contributed by atoms with van der Waals surface area (Å²) < 4.78 is 0. The third-order valence-electron chi connectivity index (χ3n) is 3.93. The molecule has 0 bridgehead atoms. The van der Waals surface area contributed by atoms with E-state index in [0.717, 1.165) is 25.9 Å². The summed E-state index contributed by atoms with van der Waals surface area (Å²) in [7, 11) is 0. The summed E-state index contributed by atoms with van der Waals surface area (Å²) in [5.41, 5.74) is 5.53. The summed E-state index contributed by atoms with van der Waals surface area (Å²) in [5, 5.41) is 3.18. The van der Waals surface area contributed by atoms with Crippen molar-refractivity contribution in [2.45, 2.75) is 64.5 Å². The van der Waals surface area contributed by atoms with Crippen LogP contribution in [0, 0.1) is 0 Å². The zero-order valence-electron chi connectivity index (χ0n) is 12.2. The third-order valence-corrected chi connectivity index (χ3v) is 4.13. The Morgan fingerprint density at radius 1 is 1.42 bits per heavy atom. The topological polar surface area (TPSA) is 58.4 Å². The van der Waals surface area contributed by atoms with Gasteiger partial charge in [0.25, 0.3) is 0 Å². The van der Waals surface area contributed by atoms with E-state index in [1.165, 1.54) is 19.3 Å².